The van der Waals surface area contributed by atoms with E-state index in [9.17, 15) is 0 Å². The van der Waals surface area contributed by atoms with Crippen LogP contribution < -0.4 is 5.32 Å². The number of fused-ring (bicyclic) bond motifs is 1. The molecule has 1 heterocycles. The quantitative estimate of drug-likeness (QED) is 0.822. The molecule has 1 aromatic carbocycles. The second-order valence-electron chi connectivity index (χ2n) is 4.19. The number of aromatic nitrogens is 1. The molecule has 0 atom stereocenters. The molecule has 2 rings (SSSR count). The molecule has 0 bridgehead atoms. The lowest BCUT2D eigenvalue weighted by Gasteiger charge is -2.09. The summed E-state index contributed by atoms with van der Waals surface area (Å²) >= 11 is 0. The van der Waals surface area contributed by atoms with Crippen molar-refractivity contribution in [3.63, 3.8) is 0 Å². The summed E-state index contributed by atoms with van der Waals surface area (Å²) < 4.78 is 0. The topological polar surface area (TPSA) is 24.9 Å². The summed E-state index contributed by atoms with van der Waals surface area (Å²) in [5.41, 5.74) is 2.22. The first-order valence-electron chi connectivity index (χ1n) is 5.34. The van der Waals surface area contributed by atoms with Gasteiger partial charge in [0.15, 0.2) is 0 Å². The molecule has 0 saturated carbocycles. The zero-order valence-electron chi connectivity index (χ0n) is 9.20. The fourth-order valence-electron chi connectivity index (χ4n) is 1.51. The minimum atomic E-state index is 0.662. The summed E-state index contributed by atoms with van der Waals surface area (Å²) in [6.07, 6.45) is 1.82. The van der Waals surface area contributed by atoms with E-state index in [4.69, 9.17) is 0 Å². The van der Waals surface area contributed by atoms with Gasteiger partial charge in [0, 0.05) is 23.8 Å². The highest BCUT2D eigenvalue weighted by molar-refractivity contribution is 5.82. The maximum atomic E-state index is 4.29. The van der Waals surface area contributed by atoms with Gasteiger partial charge in [0.1, 0.15) is 0 Å². The number of rotatable bonds is 3. The fraction of sp³-hybridized carbons (Fsp3) is 0.308. The van der Waals surface area contributed by atoms with Gasteiger partial charge in [-0.2, -0.15) is 0 Å². The van der Waals surface area contributed by atoms with Crippen molar-refractivity contribution in [3.05, 3.63) is 36.5 Å². The molecule has 0 amide bonds. The Morgan fingerprint density at radius 3 is 2.93 bits per heavy atom. The van der Waals surface area contributed by atoms with Gasteiger partial charge in [-0.15, -0.1) is 0 Å². The molecule has 2 aromatic rings. The standard InChI is InChI=1S/C13H16N2/c1-10(2)9-15-12-5-6-13-11(8-12)4-3-7-14-13/h3-8,10,15H,9H2,1-2H3. The van der Waals surface area contributed by atoms with Gasteiger partial charge < -0.3 is 5.32 Å². The Hall–Kier alpha value is -1.57. The lowest BCUT2D eigenvalue weighted by molar-refractivity contribution is 0.689. The number of hydrogen-bond acceptors (Lipinski definition) is 2. The molecule has 2 heteroatoms. The van der Waals surface area contributed by atoms with Crippen LogP contribution in [-0.4, -0.2) is 11.5 Å². The maximum absolute atomic E-state index is 4.29. The number of benzene rings is 1. The Morgan fingerprint density at radius 1 is 1.27 bits per heavy atom. The normalized spacial score (nSPS) is 10.9. The highest BCUT2D eigenvalue weighted by atomic mass is 14.9. The molecule has 0 aliphatic carbocycles. The molecule has 0 saturated heterocycles. The Balaban J connectivity index is 2.23. The molecule has 1 N–H and O–H groups in total. The zero-order chi connectivity index (χ0) is 10.7. The van der Waals surface area contributed by atoms with Crippen molar-refractivity contribution < 1.29 is 0 Å². The van der Waals surface area contributed by atoms with Crippen LogP contribution in [0.15, 0.2) is 36.5 Å². The largest absolute Gasteiger partial charge is 0.385 e. The predicted molar refractivity (Wildman–Crippen MR) is 65.1 cm³/mol. The smallest absolute Gasteiger partial charge is 0.0703 e. The molecule has 2 nitrogen and oxygen atoms in total. The van der Waals surface area contributed by atoms with Crippen LogP contribution in [-0.2, 0) is 0 Å². The summed E-state index contributed by atoms with van der Waals surface area (Å²) in [4.78, 5) is 4.29. The van der Waals surface area contributed by atoms with E-state index in [1.807, 2.05) is 12.3 Å². The molecule has 78 valence electrons. The van der Waals surface area contributed by atoms with Crippen LogP contribution in [0.3, 0.4) is 0 Å². The average molecular weight is 200 g/mol. The van der Waals surface area contributed by atoms with Crippen molar-refractivity contribution in [2.75, 3.05) is 11.9 Å². The van der Waals surface area contributed by atoms with Gasteiger partial charge in [-0.1, -0.05) is 19.9 Å². The van der Waals surface area contributed by atoms with E-state index in [0.29, 0.717) is 5.92 Å². The summed E-state index contributed by atoms with van der Waals surface area (Å²) in [5.74, 6) is 0.662. The lowest BCUT2D eigenvalue weighted by atomic mass is 10.2. The van der Waals surface area contributed by atoms with Gasteiger partial charge in [-0.3, -0.25) is 4.98 Å². The highest BCUT2D eigenvalue weighted by Gasteiger charge is 1.97. The van der Waals surface area contributed by atoms with Crippen LogP contribution in [0.5, 0.6) is 0 Å². The molecule has 0 radical (unpaired) electrons. The van der Waals surface area contributed by atoms with E-state index in [1.54, 1.807) is 0 Å². The first kappa shape index (κ1) is 9.97. The van der Waals surface area contributed by atoms with Gasteiger partial charge in [0.2, 0.25) is 0 Å². The maximum Gasteiger partial charge on any atom is 0.0703 e. The van der Waals surface area contributed by atoms with Crippen LogP contribution in [0.2, 0.25) is 0 Å². The van der Waals surface area contributed by atoms with Gasteiger partial charge in [-0.25, -0.2) is 0 Å². The average Bonchev–Trinajstić information content (AvgIpc) is 2.26. The fourth-order valence-corrected chi connectivity index (χ4v) is 1.51. The van der Waals surface area contributed by atoms with Crippen LogP contribution in [0, 0.1) is 5.92 Å². The van der Waals surface area contributed by atoms with Crippen molar-refractivity contribution in [2.45, 2.75) is 13.8 Å². The Bertz CT molecular complexity index is 449. The van der Waals surface area contributed by atoms with E-state index < -0.39 is 0 Å². The van der Waals surface area contributed by atoms with Gasteiger partial charge in [0.05, 0.1) is 5.52 Å². The van der Waals surface area contributed by atoms with Crippen molar-refractivity contribution in [2.24, 2.45) is 5.92 Å². The van der Waals surface area contributed by atoms with Crippen LogP contribution in [0.25, 0.3) is 10.9 Å². The van der Waals surface area contributed by atoms with E-state index in [0.717, 1.165) is 12.1 Å². The third kappa shape index (κ3) is 2.46. The molecule has 15 heavy (non-hydrogen) atoms. The second kappa shape index (κ2) is 4.30. The van der Waals surface area contributed by atoms with Crippen molar-refractivity contribution in [3.8, 4) is 0 Å². The molecule has 0 unspecified atom stereocenters. The summed E-state index contributed by atoms with van der Waals surface area (Å²) in [5, 5.41) is 4.59. The zero-order valence-corrected chi connectivity index (χ0v) is 9.20. The molecule has 0 spiro atoms. The Kier molecular flexibility index (Phi) is 2.86. The van der Waals surface area contributed by atoms with Crippen molar-refractivity contribution in [1.82, 2.24) is 4.98 Å². The third-order valence-electron chi connectivity index (χ3n) is 2.32. The third-order valence-corrected chi connectivity index (χ3v) is 2.32. The van der Waals surface area contributed by atoms with E-state index >= 15 is 0 Å². The lowest BCUT2D eigenvalue weighted by Crippen LogP contribution is -2.07. The number of anilines is 1. The minimum Gasteiger partial charge on any atom is -0.385 e. The Labute approximate surface area is 90.3 Å². The first-order valence-corrected chi connectivity index (χ1v) is 5.34. The monoisotopic (exact) mass is 200 g/mol. The van der Waals surface area contributed by atoms with Crippen LogP contribution in [0.1, 0.15) is 13.8 Å². The van der Waals surface area contributed by atoms with Crippen LogP contribution >= 0.6 is 0 Å². The molecule has 1 aromatic heterocycles. The molecule has 0 fully saturated rings. The molecule has 0 aliphatic rings. The SMILES string of the molecule is CC(C)CNc1ccc2ncccc2c1. The molecular formula is C13H16N2. The molecular weight excluding hydrogens is 184 g/mol. The summed E-state index contributed by atoms with van der Waals surface area (Å²) in [6, 6.07) is 10.3. The number of pyridine rings is 1. The number of hydrogen-bond donors (Lipinski definition) is 1. The van der Waals surface area contributed by atoms with E-state index in [-0.39, 0.29) is 0 Å². The van der Waals surface area contributed by atoms with Gasteiger partial charge in [0.25, 0.3) is 0 Å². The molecule has 0 aliphatic heterocycles. The van der Waals surface area contributed by atoms with Crippen molar-refractivity contribution >= 4 is 16.6 Å². The summed E-state index contributed by atoms with van der Waals surface area (Å²) in [7, 11) is 0. The van der Waals surface area contributed by atoms with E-state index in [1.165, 1.54) is 11.1 Å². The second-order valence-corrected chi connectivity index (χ2v) is 4.19. The van der Waals surface area contributed by atoms with Gasteiger partial charge in [-0.05, 0) is 30.2 Å². The minimum absolute atomic E-state index is 0.662. The van der Waals surface area contributed by atoms with Crippen LogP contribution in [0.4, 0.5) is 5.69 Å². The van der Waals surface area contributed by atoms with Gasteiger partial charge >= 0.3 is 0 Å². The number of nitrogens with zero attached hydrogens (tertiary/aromatic N) is 1. The van der Waals surface area contributed by atoms with E-state index in [2.05, 4.69) is 48.4 Å². The highest BCUT2D eigenvalue weighted by Crippen LogP contribution is 2.17. The number of nitrogens with one attached hydrogen (secondary N) is 1. The first-order chi connectivity index (χ1) is 7.25. The van der Waals surface area contributed by atoms with Crippen molar-refractivity contribution in [1.29, 1.82) is 0 Å². The summed E-state index contributed by atoms with van der Waals surface area (Å²) in [6.45, 7) is 5.41. The Morgan fingerprint density at radius 2 is 2.13 bits per heavy atom. The predicted octanol–water partition coefficient (Wildman–Crippen LogP) is 3.30.